The summed E-state index contributed by atoms with van der Waals surface area (Å²) >= 11 is 0. The van der Waals surface area contributed by atoms with Crippen molar-refractivity contribution >= 4 is 11.7 Å². The summed E-state index contributed by atoms with van der Waals surface area (Å²) in [4.78, 5) is 17.2. The van der Waals surface area contributed by atoms with Crippen LogP contribution in [0.5, 0.6) is 0 Å². The molecule has 6 rings (SSSR count). The van der Waals surface area contributed by atoms with E-state index in [1.807, 2.05) is 4.90 Å². The van der Waals surface area contributed by atoms with Gasteiger partial charge in [0.25, 0.3) is 0 Å². The molecule has 0 radical (unpaired) electrons. The van der Waals surface area contributed by atoms with E-state index in [0.29, 0.717) is 5.41 Å². The Morgan fingerprint density at radius 3 is 2.26 bits per heavy atom. The van der Waals surface area contributed by atoms with Gasteiger partial charge in [-0.05, 0) is 86.3 Å². The summed E-state index contributed by atoms with van der Waals surface area (Å²) in [6, 6.07) is 8.83. The number of carbonyl (C=O) groups excluding carboxylic acids is 1. The Bertz CT molecular complexity index is 672. The molecule has 5 fully saturated rings. The number of amides is 2. The first-order valence-electron chi connectivity index (χ1n) is 10.9. The maximum atomic E-state index is 12.8. The summed E-state index contributed by atoms with van der Waals surface area (Å²) in [5, 5.41) is 3.34. The molecular formula is C23H33N3O. The number of anilines is 1. The minimum atomic E-state index is 0.162. The van der Waals surface area contributed by atoms with E-state index in [-0.39, 0.29) is 6.03 Å². The molecule has 1 heterocycles. The lowest BCUT2D eigenvalue weighted by Gasteiger charge is -2.57. The van der Waals surface area contributed by atoms with Crippen LogP contribution in [-0.4, -0.2) is 43.7 Å². The second kappa shape index (κ2) is 6.72. The third kappa shape index (κ3) is 3.43. The zero-order chi connectivity index (χ0) is 18.4. The second-order valence-electron chi connectivity index (χ2n) is 9.89. The molecule has 1 aliphatic heterocycles. The van der Waals surface area contributed by atoms with Crippen molar-refractivity contribution in [1.82, 2.24) is 10.2 Å². The van der Waals surface area contributed by atoms with Gasteiger partial charge in [0.1, 0.15) is 0 Å². The first kappa shape index (κ1) is 17.4. The fraction of sp³-hybridized carbons (Fsp3) is 0.696. The highest BCUT2D eigenvalue weighted by atomic mass is 16.2. The van der Waals surface area contributed by atoms with Gasteiger partial charge in [0.15, 0.2) is 0 Å². The Balaban J connectivity index is 1.14. The van der Waals surface area contributed by atoms with Crippen LogP contribution in [0.25, 0.3) is 0 Å². The number of nitrogens with one attached hydrogen (secondary N) is 1. The van der Waals surface area contributed by atoms with Gasteiger partial charge in [-0.3, -0.25) is 0 Å². The number of benzene rings is 1. The average Bonchev–Trinajstić information content (AvgIpc) is 2.65. The van der Waals surface area contributed by atoms with Gasteiger partial charge in [0.05, 0.1) is 0 Å². The van der Waals surface area contributed by atoms with Crippen LogP contribution < -0.4 is 10.2 Å². The van der Waals surface area contributed by atoms with Crippen LogP contribution in [-0.2, 0) is 0 Å². The van der Waals surface area contributed by atoms with Gasteiger partial charge >= 0.3 is 6.03 Å². The zero-order valence-electron chi connectivity index (χ0n) is 16.6. The Morgan fingerprint density at radius 2 is 1.67 bits per heavy atom. The Morgan fingerprint density at radius 1 is 1.04 bits per heavy atom. The Hall–Kier alpha value is -1.71. The highest BCUT2D eigenvalue weighted by molar-refractivity contribution is 5.74. The van der Waals surface area contributed by atoms with Gasteiger partial charge in [0, 0.05) is 38.4 Å². The number of aryl methyl sites for hydroxylation is 1. The molecule has 0 spiro atoms. The van der Waals surface area contributed by atoms with Crippen molar-refractivity contribution < 1.29 is 4.79 Å². The lowest BCUT2D eigenvalue weighted by Crippen LogP contribution is -2.55. The average molecular weight is 368 g/mol. The molecule has 1 aromatic rings. The number of hydrogen-bond acceptors (Lipinski definition) is 2. The highest BCUT2D eigenvalue weighted by Crippen LogP contribution is 2.59. The smallest absolute Gasteiger partial charge is 0.317 e. The number of urea groups is 1. The lowest BCUT2D eigenvalue weighted by molar-refractivity contribution is -0.0502. The monoisotopic (exact) mass is 367 g/mol. The third-order valence-corrected chi connectivity index (χ3v) is 7.71. The predicted molar refractivity (Wildman–Crippen MR) is 109 cm³/mol. The van der Waals surface area contributed by atoms with Crippen LogP contribution >= 0.6 is 0 Å². The fourth-order valence-corrected chi connectivity index (χ4v) is 6.87. The van der Waals surface area contributed by atoms with Gasteiger partial charge in [-0.2, -0.15) is 0 Å². The molecule has 4 nitrogen and oxygen atoms in total. The fourth-order valence-electron chi connectivity index (χ4n) is 6.87. The van der Waals surface area contributed by atoms with Crippen molar-refractivity contribution in [2.24, 2.45) is 23.2 Å². The van der Waals surface area contributed by atoms with Crippen LogP contribution in [0.3, 0.4) is 0 Å². The number of nitrogens with zero attached hydrogens (tertiary/aromatic N) is 2. The second-order valence-corrected chi connectivity index (χ2v) is 9.89. The Kier molecular flexibility index (Phi) is 4.33. The van der Waals surface area contributed by atoms with Crippen molar-refractivity contribution in [1.29, 1.82) is 0 Å². The molecule has 4 aliphatic carbocycles. The van der Waals surface area contributed by atoms with Crippen molar-refractivity contribution in [3.05, 3.63) is 29.8 Å². The normalized spacial score (nSPS) is 34.8. The van der Waals surface area contributed by atoms with Crippen LogP contribution in [0.2, 0.25) is 0 Å². The quantitative estimate of drug-likeness (QED) is 0.875. The minimum absolute atomic E-state index is 0.162. The lowest BCUT2D eigenvalue weighted by atomic mass is 9.49. The van der Waals surface area contributed by atoms with Crippen molar-refractivity contribution in [2.45, 2.75) is 45.4 Å². The first-order chi connectivity index (χ1) is 13.1. The SMILES string of the molecule is Cc1cccc(N2CCN(C(=O)NCC34CC5CC(CC(C5)C3)C4)CC2)c1. The topological polar surface area (TPSA) is 35.6 Å². The first-order valence-corrected chi connectivity index (χ1v) is 10.9. The van der Waals surface area contributed by atoms with Gasteiger partial charge < -0.3 is 15.1 Å². The maximum absolute atomic E-state index is 12.8. The molecule has 0 unspecified atom stereocenters. The van der Waals surface area contributed by atoms with E-state index >= 15 is 0 Å². The molecule has 5 aliphatic rings. The summed E-state index contributed by atoms with van der Waals surface area (Å²) in [5.41, 5.74) is 3.00. The molecule has 1 N–H and O–H groups in total. The number of piperazine rings is 1. The molecule has 0 atom stereocenters. The third-order valence-electron chi connectivity index (χ3n) is 7.71. The molecular weight excluding hydrogens is 334 g/mol. The minimum Gasteiger partial charge on any atom is -0.368 e. The molecule has 4 bridgehead atoms. The molecule has 0 aromatic heterocycles. The number of rotatable bonds is 3. The van der Waals surface area contributed by atoms with E-state index in [4.69, 9.17) is 0 Å². The van der Waals surface area contributed by atoms with Gasteiger partial charge in [0.2, 0.25) is 0 Å². The van der Waals surface area contributed by atoms with E-state index in [9.17, 15) is 4.79 Å². The predicted octanol–water partition coefficient (Wildman–Crippen LogP) is 4.04. The van der Waals surface area contributed by atoms with Gasteiger partial charge in [-0.1, -0.05) is 12.1 Å². The van der Waals surface area contributed by atoms with Crippen LogP contribution in [0.1, 0.15) is 44.1 Å². The van der Waals surface area contributed by atoms with Crippen LogP contribution in [0.4, 0.5) is 10.5 Å². The van der Waals surface area contributed by atoms with Crippen molar-refractivity contribution in [3.8, 4) is 0 Å². The molecule has 1 aromatic carbocycles. The number of carbonyl (C=O) groups is 1. The van der Waals surface area contributed by atoms with Gasteiger partial charge in [-0.15, -0.1) is 0 Å². The van der Waals surface area contributed by atoms with Crippen LogP contribution in [0, 0.1) is 30.1 Å². The van der Waals surface area contributed by atoms with E-state index in [1.165, 1.54) is 49.8 Å². The number of hydrogen-bond donors (Lipinski definition) is 1. The van der Waals surface area contributed by atoms with Crippen molar-refractivity contribution in [3.63, 3.8) is 0 Å². The molecule has 146 valence electrons. The summed E-state index contributed by atoms with van der Waals surface area (Å²) < 4.78 is 0. The van der Waals surface area contributed by atoms with E-state index in [0.717, 1.165) is 50.5 Å². The van der Waals surface area contributed by atoms with Crippen molar-refractivity contribution in [2.75, 3.05) is 37.6 Å². The largest absolute Gasteiger partial charge is 0.368 e. The van der Waals surface area contributed by atoms with Gasteiger partial charge in [-0.25, -0.2) is 4.79 Å². The highest BCUT2D eigenvalue weighted by Gasteiger charge is 2.50. The van der Waals surface area contributed by atoms with E-state index < -0.39 is 0 Å². The molecule has 27 heavy (non-hydrogen) atoms. The summed E-state index contributed by atoms with van der Waals surface area (Å²) in [7, 11) is 0. The maximum Gasteiger partial charge on any atom is 0.317 e. The van der Waals surface area contributed by atoms with Crippen LogP contribution in [0.15, 0.2) is 24.3 Å². The van der Waals surface area contributed by atoms with E-state index in [2.05, 4.69) is 41.4 Å². The summed E-state index contributed by atoms with van der Waals surface area (Å²) in [5.74, 6) is 2.85. The summed E-state index contributed by atoms with van der Waals surface area (Å²) in [6.45, 7) is 6.54. The molecule has 2 amide bonds. The van der Waals surface area contributed by atoms with E-state index in [1.54, 1.807) is 0 Å². The zero-order valence-corrected chi connectivity index (χ0v) is 16.6. The molecule has 4 saturated carbocycles. The molecule has 1 saturated heterocycles. The summed E-state index contributed by atoms with van der Waals surface area (Å²) in [6.07, 6.45) is 8.48. The standard InChI is InChI=1S/C23H33N3O/c1-17-3-2-4-21(9-17)25-5-7-26(8-6-25)22(27)24-16-23-13-18-10-19(14-23)12-20(11-18)15-23/h2-4,9,18-20H,5-8,10-16H2,1H3,(H,24,27). The Labute approximate surface area is 163 Å². The molecule has 4 heteroatoms.